The van der Waals surface area contributed by atoms with Gasteiger partial charge in [-0.1, -0.05) is 41.9 Å². The van der Waals surface area contributed by atoms with Gasteiger partial charge in [-0.25, -0.2) is 18.4 Å². The number of hydrogen-bond acceptors (Lipinski definition) is 5. The number of nitrogens with zero attached hydrogens (tertiary/aromatic N) is 1. The molecule has 1 aliphatic rings. The predicted octanol–water partition coefficient (Wildman–Crippen LogP) is 2.63. The molecule has 1 fully saturated rings. The third-order valence-electron chi connectivity index (χ3n) is 5.13. The summed E-state index contributed by atoms with van der Waals surface area (Å²) in [6.07, 6.45) is 2.77. The van der Waals surface area contributed by atoms with Crippen LogP contribution < -0.4 is 5.14 Å². The highest BCUT2D eigenvalue weighted by Gasteiger charge is 2.24. The monoisotopic (exact) mass is 450 g/mol. The van der Waals surface area contributed by atoms with Crippen molar-refractivity contribution in [2.75, 3.05) is 19.7 Å². The highest BCUT2D eigenvalue weighted by molar-refractivity contribution is 7.89. The molecule has 0 aromatic heterocycles. The van der Waals surface area contributed by atoms with Crippen LogP contribution in [0, 0.1) is 5.92 Å². The third-order valence-corrected chi connectivity index (χ3v) is 6.53. The van der Waals surface area contributed by atoms with Gasteiger partial charge in [0.2, 0.25) is 10.0 Å². The molecule has 9 heteroatoms. The Balaban J connectivity index is 1.50. The summed E-state index contributed by atoms with van der Waals surface area (Å²) in [5.41, 5.74) is 1.25. The highest BCUT2D eigenvalue weighted by atomic mass is 35.5. The molecular weight excluding hydrogens is 428 g/mol. The Hall–Kier alpha value is -2.42. The number of esters is 1. The zero-order chi connectivity index (χ0) is 21.7. The van der Waals surface area contributed by atoms with Crippen LogP contribution in [0.15, 0.2) is 53.4 Å². The topological polar surface area (TPSA) is 107 Å². The van der Waals surface area contributed by atoms with Gasteiger partial charge in [-0.2, -0.15) is 0 Å². The summed E-state index contributed by atoms with van der Waals surface area (Å²) in [5, 5.41) is 4.99. The van der Waals surface area contributed by atoms with Crippen LogP contribution in [-0.2, 0) is 26.0 Å². The van der Waals surface area contributed by atoms with Crippen LogP contribution in [0.4, 0.5) is 0 Å². The van der Waals surface area contributed by atoms with Crippen molar-refractivity contribution in [3.05, 3.63) is 64.7 Å². The Morgan fingerprint density at radius 1 is 1.10 bits per heavy atom. The van der Waals surface area contributed by atoms with Gasteiger partial charge >= 0.3 is 5.97 Å². The fraction of sp³-hybridized carbons (Fsp3) is 0.333. The molecule has 0 radical (unpaired) electrons. The Bertz CT molecular complexity index is 1020. The maximum absolute atomic E-state index is 12.4. The fourth-order valence-corrected chi connectivity index (χ4v) is 4.56. The van der Waals surface area contributed by atoms with Gasteiger partial charge < -0.3 is 9.64 Å². The molecule has 0 atom stereocenters. The lowest BCUT2D eigenvalue weighted by atomic mass is 9.90. The van der Waals surface area contributed by atoms with E-state index in [1.165, 1.54) is 17.7 Å². The van der Waals surface area contributed by atoms with E-state index < -0.39 is 22.6 Å². The number of amides is 1. The number of nitrogens with two attached hydrogens (primary N) is 1. The average Bonchev–Trinajstić information content (AvgIpc) is 2.72. The van der Waals surface area contributed by atoms with Gasteiger partial charge in [-0.05, 0) is 48.9 Å². The van der Waals surface area contributed by atoms with Crippen LogP contribution in [0.1, 0.15) is 28.8 Å². The zero-order valence-corrected chi connectivity index (χ0v) is 17.9. The summed E-state index contributed by atoms with van der Waals surface area (Å²) < 4.78 is 28.1. The van der Waals surface area contributed by atoms with Crippen LogP contribution >= 0.6 is 11.6 Å². The van der Waals surface area contributed by atoms with E-state index in [2.05, 4.69) is 12.1 Å². The SMILES string of the molecule is NS(=O)(=O)c1cc(C(=O)OCC(=O)N2CCC(Cc3ccccc3)CC2)ccc1Cl. The van der Waals surface area contributed by atoms with Gasteiger partial charge in [0.15, 0.2) is 6.61 Å². The first kappa shape index (κ1) is 22.3. The summed E-state index contributed by atoms with van der Waals surface area (Å²) in [6.45, 7) is 0.824. The normalized spacial score (nSPS) is 15.1. The van der Waals surface area contributed by atoms with Crippen LogP contribution in [-0.4, -0.2) is 44.9 Å². The largest absolute Gasteiger partial charge is 0.452 e. The molecule has 0 bridgehead atoms. The van der Waals surface area contributed by atoms with Crippen molar-refractivity contribution in [1.82, 2.24) is 4.90 Å². The summed E-state index contributed by atoms with van der Waals surface area (Å²) >= 11 is 5.81. The first-order valence-corrected chi connectivity index (χ1v) is 11.5. The molecule has 2 aromatic carbocycles. The summed E-state index contributed by atoms with van der Waals surface area (Å²) in [7, 11) is -4.08. The lowest BCUT2D eigenvalue weighted by Gasteiger charge is -2.32. The van der Waals surface area contributed by atoms with E-state index in [1.54, 1.807) is 4.90 Å². The van der Waals surface area contributed by atoms with E-state index in [4.69, 9.17) is 21.5 Å². The number of rotatable bonds is 6. The molecule has 2 aromatic rings. The van der Waals surface area contributed by atoms with Gasteiger partial charge in [0.25, 0.3) is 5.91 Å². The second kappa shape index (κ2) is 9.59. The first-order chi connectivity index (χ1) is 14.2. The van der Waals surface area contributed by atoms with Crippen molar-refractivity contribution in [2.45, 2.75) is 24.2 Å². The molecule has 1 saturated heterocycles. The predicted molar refractivity (Wildman–Crippen MR) is 113 cm³/mol. The molecule has 160 valence electrons. The quantitative estimate of drug-likeness (QED) is 0.681. The van der Waals surface area contributed by atoms with Crippen LogP contribution in [0.5, 0.6) is 0 Å². The molecular formula is C21H23ClN2O5S. The number of primary sulfonamides is 1. The summed E-state index contributed by atoms with van der Waals surface area (Å²) in [4.78, 5) is 25.9. The van der Waals surface area contributed by atoms with Gasteiger partial charge in [-0.15, -0.1) is 0 Å². The molecule has 1 amide bonds. The maximum Gasteiger partial charge on any atom is 0.338 e. The van der Waals surface area contributed by atoms with E-state index in [-0.39, 0.29) is 21.4 Å². The first-order valence-electron chi connectivity index (χ1n) is 9.55. The lowest BCUT2D eigenvalue weighted by Crippen LogP contribution is -2.41. The molecule has 0 saturated carbocycles. The number of benzene rings is 2. The number of sulfonamides is 1. The Labute approximate surface area is 180 Å². The Kier molecular flexibility index (Phi) is 7.12. The van der Waals surface area contributed by atoms with E-state index in [1.807, 2.05) is 18.2 Å². The van der Waals surface area contributed by atoms with Crippen molar-refractivity contribution >= 4 is 33.5 Å². The molecule has 2 N–H and O–H groups in total. The highest BCUT2D eigenvalue weighted by Crippen LogP contribution is 2.23. The van der Waals surface area contributed by atoms with Crippen molar-refractivity contribution < 1.29 is 22.7 Å². The molecule has 0 spiro atoms. The van der Waals surface area contributed by atoms with Gasteiger partial charge in [0.05, 0.1) is 10.6 Å². The number of ether oxygens (including phenoxy) is 1. The standard InChI is InChI=1S/C21H23ClN2O5S/c22-18-7-6-17(13-19(18)30(23,27)28)21(26)29-14-20(25)24-10-8-16(9-11-24)12-15-4-2-1-3-5-15/h1-7,13,16H,8-12,14H2,(H2,23,27,28). The van der Waals surface area contributed by atoms with Crippen LogP contribution in [0.25, 0.3) is 0 Å². The second-order valence-electron chi connectivity index (χ2n) is 7.28. The van der Waals surface area contributed by atoms with E-state index in [0.717, 1.165) is 25.3 Å². The second-order valence-corrected chi connectivity index (χ2v) is 9.22. The van der Waals surface area contributed by atoms with Gasteiger partial charge in [0.1, 0.15) is 4.90 Å². The average molecular weight is 451 g/mol. The smallest absolute Gasteiger partial charge is 0.338 e. The molecule has 30 heavy (non-hydrogen) atoms. The molecule has 0 aliphatic carbocycles. The zero-order valence-electron chi connectivity index (χ0n) is 16.3. The fourth-order valence-electron chi connectivity index (χ4n) is 3.48. The number of carbonyl (C=O) groups excluding carboxylic acids is 2. The van der Waals surface area contributed by atoms with E-state index >= 15 is 0 Å². The van der Waals surface area contributed by atoms with Crippen LogP contribution in [0.2, 0.25) is 5.02 Å². The number of carbonyl (C=O) groups is 2. The van der Waals surface area contributed by atoms with E-state index in [9.17, 15) is 18.0 Å². The van der Waals surface area contributed by atoms with Crippen molar-refractivity contribution in [2.24, 2.45) is 11.1 Å². The van der Waals surface area contributed by atoms with Gasteiger partial charge in [-0.3, -0.25) is 4.79 Å². The minimum atomic E-state index is -4.08. The Morgan fingerprint density at radius 3 is 2.40 bits per heavy atom. The number of piperidine rings is 1. The van der Waals surface area contributed by atoms with Gasteiger partial charge in [0, 0.05) is 13.1 Å². The number of likely N-dealkylation sites (tertiary alicyclic amines) is 1. The molecule has 0 unspecified atom stereocenters. The third kappa shape index (κ3) is 5.81. The number of halogens is 1. The maximum atomic E-state index is 12.4. The lowest BCUT2D eigenvalue weighted by molar-refractivity contribution is -0.135. The minimum Gasteiger partial charge on any atom is -0.452 e. The molecule has 1 aliphatic heterocycles. The molecule has 7 nitrogen and oxygen atoms in total. The Morgan fingerprint density at radius 2 is 1.77 bits per heavy atom. The minimum absolute atomic E-state index is 0.0437. The molecule has 3 rings (SSSR count). The summed E-state index contributed by atoms with van der Waals surface area (Å²) in [6, 6.07) is 13.9. The van der Waals surface area contributed by atoms with Crippen LogP contribution in [0.3, 0.4) is 0 Å². The van der Waals surface area contributed by atoms with Crippen molar-refractivity contribution in [3.63, 3.8) is 0 Å². The van der Waals surface area contributed by atoms with E-state index in [0.29, 0.717) is 19.0 Å². The van der Waals surface area contributed by atoms with Crippen molar-refractivity contribution in [3.8, 4) is 0 Å². The number of hydrogen-bond donors (Lipinski definition) is 1. The van der Waals surface area contributed by atoms with Crippen molar-refractivity contribution in [1.29, 1.82) is 0 Å². The molecule has 1 heterocycles. The summed E-state index contributed by atoms with van der Waals surface area (Å²) in [5.74, 6) is -0.573.